The molecule has 3 rings (SSSR count). The molecule has 2 N–H and O–H groups in total. The Balaban J connectivity index is 1.66. The normalized spacial score (nSPS) is 19.0. The minimum absolute atomic E-state index is 0.160. The number of carboxylic acids is 1. The van der Waals surface area contributed by atoms with Crippen LogP contribution in [-0.2, 0) is 23.1 Å². The van der Waals surface area contributed by atoms with Crippen molar-refractivity contribution in [3.05, 3.63) is 23.8 Å². The molecule has 0 unspecified atom stereocenters. The summed E-state index contributed by atoms with van der Waals surface area (Å²) in [4.78, 5) is 32.4. The fraction of sp³-hybridized carbons (Fsp3) is 0.609. The Labute approximate surface area is 193 Å². The zero-order valence-electron chi connectivity index (χ0n) is 19.7. The second kappa shape index (κ2) is 11.1. The number of carbonyl (C=O) groups excluding carboxylic acids is 1. The molecule has 10 heteroatoms. The summed E-state index contributed by atoms with van der Waals surface area (Å²) in [5.74, 6) is 0.195. The van der Waals surface area contributed by atoms with Crippen LogP contribution in [0.4, 0.5) is 4.79 Å². The molecule has 180 valence electrons. The average Bonchev–Trinajstić information content (AvgIpc) is 3.17. The van der Waals surface area contributed by atoms with Gasteiger partial charge in [0.2, 0.25) is 0 Å². The van der Waals surface area contributed by atoms with Gasteiger partial charge in [-0.1, -0.05) is 20.3 Å². The number of hydrogen-bond acceptors (Lipinski definition) is 7. The van der Waals surface area contributed by atoms with Gasteiger partial charge in [0.25, 0.3) is 0 Å². The number of ether oxygens (including phenoxy) is 2. The van der Waals surface area contributed by atoms with Crippen molar-refractivity contribution in [2.45, 2.75) is 65.5 Å². The van der Waals surface area contributed by atoms with Gasteiger partial charge in [0.15, 0.2) is 11.6 Å². The minimum atomic E-state index is -0.770. The van der Waals surface area contributed by atoms with E-state index in [1.807, 2.05) is 20.8 Å². The fourth-order valence-corrected chi connectivity index (χ4v) is 3.76. The van der Waals surface area contributed by atoms with Gasteiger partial charge in [0, 0.05) is 7.05 Å². The van der Waals surface area contributed by atoms with Gasteiger partial charge < -0.3 is 19.9 Å². The highest BCUT2D eigenvalue weighted by atomic mass is 16.5. The topological polar surface area (TPSA) is 128 Å². The zero-order valence-corrected chi connectivity index (χ0v) is 19.7. The van der Waals surface area contributed by atoms with Crippen molar-refractivity contribution in [3.63, 3.8) is 0 Å². The molecule has 0 aromatic carbocycles. The molecule has 0 spiro atoms. The Bertz CT molecular complexity index is 976. The smallest absolute Gasteiger partial charge is 0.407 e. The molecular formula is C23H33N5O5. The lowest BCUT2D eigenvalue weighted by molar-refractivity contribution is -0.143. The van der Waals surface area contributed by atoms with E-state index in [0.717, 1.165) is 25.0 Å². The number of aromatic nitrogens is 4. The largest absolute Gasteiger partial charge is 0.487 e. The summed E-state index contributed by atoms with van der Waals surface area (Å²) in [5, 5.41) is 16.3. The van der Waals surface area contributed by atoms with E-state index < -0.39 is 12.1 Å². The van der Waals surface area contributed by atoms with E-state index in [1.54, 1.807) is 24.1 Å². The van der Waals surface area contributed by atoms with Crippen molar-refractivity contribution in [1.82, 2.24) is 25.1 Å². The Kier molecular flexibility index (Phi) is 8.24. The molecule has 1 aliphatic rings. The summed E-state index contributed by atoms with van der Waals surface area (Å²) in [5.41, 5.74) is 2.12. The number of alkyl carbamates (subject to hydrolysis) is 1. The minimum Gasteiger partial charge on any atom is -0.487 e. The molecule has 0 aliphatic heterocycles. The third-order valence-electron chi connectivity index (χ3n) is 6.10. The number of aliphatic carboxylic acids is 1. The van der Waals surface area contributed by atoms with Gasteiger partial charge in [0.05, 0.1) is 54.5 Å². The Morgan fingerprint density at radius 2 is 2.12 bits per heavy atom. The first-order valence-corrected chi connectivity index (χ1v) is 11.4. The summed E-state index contributed by atoms with van der Waals surface area (Å²) in [6, 6.07) is 0. The Morgan fingerprint density at radius 1 is 1.33 bits per heavy atom. The average molecular weight is 460 g/mol. The molecule has 1 saturated carbocycles. The van der Waals surface area contributed by atoms with Gasteiger partial charge in [-0.25, -0.2) is 14.8 Å². The monoisotopic (exact) mass is 459 g/mol. The first-order valence-electron chi connectivity index (χ1n) is 11.4. The van der Waals surface area contributed by atoms with Crippen LogP contribution in [0.1, 0.15) is 57.3 Å². The summed E-state index contributed by atoms with van der Waals surface area (Å²) < 4.78 is 13.0. The van der Waals surface area contributed by atoms with Crippen molar-refractivity contribution in [1.29, 1.82) is 0 Å². The number of hydrogen-bond donors (Lipinski definition) is 2. The van der Waals surface area contributed by atoms with Gasteiger partial charge in [-0.05, 0) is 38.5 Å². The highest BCUT2D eigenvalue weighted by molar-refractivity contribution is 5.70. The van der Waals surface area contributed by atoms with Crippen LogP contribution < -0.4 is 10.1 Å². The van der Waals surface area contributed by atoms with Crippen LogP contribution in [0.3, 0.4) is 0 Å². The van der Waals surface area contributed by atoms with Gasteiger partial charge >= 0.3 is 12.1 Å². The maximum Gasteiger partial charge on any atom is 0.407 e. The van der Waals surface area contributed by atoms with E-state index in [0.29, 0.717) is 48.2 Å². The van der Waals surface area contributed by atoms with Crippen molar-refractivity contribution in [2.24, 2.45) is 18.9 Å². The molecule has 2 heterocycles. The predicted octanol–water partition coefficient (Wildman–Crippen LogP) is 3.48. The maximum atomic E-state index is 12.0. The molecule has 1 fully saturated rings. The van der Waals surface area contributed by atoms with Gasteiger partial charge in [0.1, 0.15) is 0 Å². The van der Waals surface area contributed by atoms with E-state index in [4.69, 9.17) is 9.47 Å². The van der Waals surface area contributed by atoms with E-state index in [2.05, 4.69) is 20.4 Å². The Hall–Kier alpha value is -3.17. The van der Waals surface area contributed by atoms with Crippen LogP contribution in [0.2, 0.25) is 0 Å². The molecule has 3 atom stereocenters. The molecule has 1 amide bonds. The summed E-state index contributed by atoms with van der Waals surface area (Å²) >= 11 is 0. The highest BCUT2D eigenvalue weighted by Crippen LogP contribution is 2.30. The number of nitrogens with zero attached hydrogens (tertiary/aromatic N) is 4. The van der Waals surface area contributed by atoms with Crippen LogP contribution in [0, 0.1) is 18.8 Å². The second-order valence-electron chi connectivity index (χ2n) is 8.68. The van der Waals surface area contributed by atoms with Crippen LogP contribution >= 0.6 is 0 Å². The first-order chi connectivity index (χ1) is 15.8. The molecule has 2 aromatic rings. The SMILES string of the molecule is CC[C@H](C)COC(=O)NCc1c(-c2ncc(O[C@H]3CCC[C@H](C(=O)O)C3)c(C)n2)cnn1C. The molecular weight excluding hydrogens is 426 g/mol. The third kappa shape index (κ3) is 6.43. The third-order valence-corrected chi connectivity index (χ3v) is 6.10. The maximum absolute atomic E-state index is 12.0. The van der Waals surface area contributed by atoms with Crippen molar-refractivity contribution in [2.75, 3.05) is 6.61 Å². The van der Waals surface area contributed by atoms with E-state index >= 15 is 0 Å². The van der Waals surface area contributed by atoms with Crippen LogP contribution in [-0.4, -0.2) is 49.6 Å². The number of nitrogens with one attached hydrogen (secondary N) is 1. The lowest BCUT2D eigenvalue weighted by Crippen LogP contribution is -2.29. The predicted molar refractivity (Wildman–Crippen MR) is 121 cm³/mol. The molecule has 1 aliphatic carbocycles. The molecule has 2 aromatic heterocycles. The lowest BCUT2D eigenvalue weighted by atomic mass is 9.87. The number of amides is 1. The molecule has 33 heavy (non-hydrogen) atoms. The van der Waals surface area contributed by atoms with Crippen LogP contribution in [0.15, 0.2) is 12.4 Å². The van der Waals surface area contributed by atoms with Gasteiger partial charge in [-0.3, -0.25) is 9.48 Å². The van der Waals surface area contributed by atoms with Crippen LogP contribution in [0.25, 0.3) is 11.4 Å². The van der Waals surface area contributed by atoms with E-state index in [9.17, 15) is 14.7 Å². The summed E-state index contributed by atoms with van der Waals surface area (Å²) in [7, 11) is 1.79. The standard InChI is InChI=1S/C23H33N5O5/c1-5-14(2)13-32-23(31)25-11-19-18(10-26-28(19)4)21-24-12-20(15(3)27-21)33-17-8-6-7-16(9-17)22(29)30/h10,12,14,16-17H,5-9,11,13H2,1-4H3,(H,25,31)(H,29,30)/t14-,16-,17-/m0/s1. The fourth-order valence-electron chi connectivity index (χ4n) is 3.76. The second-order valence-corrected chi connectivity index (χ2v) is 8.68. The van der Waals surface area contributed by atoms with Crippen LogP contribution in [0.5, 0.6) is 5.75 Å². The van der Waals surface area contributed by atoms with Crippen molar-refractivity contribution >= 4 is 12.1 Å². The number of carboxylic acid groups (broad SMARTS) is 1. The number of carbonyl (C=O) groups is 2. The van der Waals surface area contributed by atoms with E-state index in [-0.39, 0.29) is 18.6 Å². The van der Waals surface area contributed by atoms with Gasteiger partial charge in [-0.2, -0.15) is 5.10 Å². The quantitative estimate of drug-likeness (QED) is 0.583. The first kappa shape index (κ1) is 24.5. The highest BCUT2D eigenvalue weighted by Gasteiger charge is 2.28. The van der Waals surface area contributed by atoms with E-state index in [1.165, 1.54) is 0 Å². The van der Waals surface area contributed by atoms with Crippen molar-refractivity contribution < 1.29 is 24.2 Å². The molecule has 0 radical (unpaired) electrons. The molecule has 0 bridgehead atoms. The zero-order chi connectivity index (χ0) is 24.0. The van der Waals surface area contributed by atoms with Crippen molar-refractivity contribution in [3.8, 4) is 17.1 Å². The molecule has 0 saturated heterocycles. The van der Waals surface area contributed by atoms with Gasteiger partial charge in [-0.15, -0.1) is 0 Å². The Morgan fingerprint density at radius 3 is 2.82 bits per heavy atom. The number of aryl methyl sites for hydroxylation is 2. The lowest BCUT2D eigenvalue weighted by Gasteiger charge is -2.27. The number of rotatable bonds is 9. The summed E-state index contributed by atoms with van der Waals surface area (Å²) in [6.07, 6.45) is 6.40. The summed E-state index contributed by atoms with van der Waals surface area (Å²) in [6.45, 7) is 6.51. The molecule has 10 nitrogen and oxygen atoms in total.